The van der Waals surface area contributed by atoms with E-state index in [1.807, 2.05) is 0 Å². The van der Waals surface area contributed by atoms with Gasteiger partial charge in [-0.2, -0.15) is 0 Å². The van der Waals surface area contributed by atoms with Crippen LogP contribution in [0.5, 0.6) is 0 Å². The van der Waals surface area contributed by atoms with Crippen LogP contribution in [-0.4, -0.2) is 0 Å². The molecule has 0 amide bonds. The van der Waals surface area contributed by atoms with Gasteiger partial charge in [0, 0.05) is 14.7 Å². The van der Waals surface area contributed by atoms with Crippen molar-refractivity contribution >= 4 is 28.4 Å². The van der Waals surface area contributed by atoms with Crippen LogP contribution in [0.4, 0.5) is 13.2 Å². The number of rotatable bonds is 3. The minimum absolute atomic E-state index is 0.315. The molecule has 0 aliphatic heterocycles. The van der Waals surface area contributed by atoms with Crippen molar-refractivity contribution in [2.75, 3.05) is 0 Å². The highest BCUT2D eigenvalue weighted by Gasteiger charge is 2.28. The molecule has 0 radical (unpaired) electrons. The molecular formula is C18H12F3IS. The van der Waals surface area contributed by atoms with E-state index in [2.05, 4.69) is 21.2 Å². The van der Waals surface area contributed by atoms with E-state index in [-0.39, 0.29) is 17.5 Å². The van der Waals surface area contributed by atoms with Gasteiger partial charge in [-0.3, -0.25) is 0 Å². The number of benzene rings is 3. The zero-order valence-electron chi connectivity index (χ0n) is 11.8. The maximum Gasteiger partial charge on any atom is 0.123 e. The maximum atomic E-state index is 13.3. The van der Waals surface area contributed by atoms with Gasteiger partial charge in [0.2, 0.25) is 0 Å². The molecule has 0 saturated carbocycles. The monoisotopic (exact) mass is 444 g/mol. The normalized spacial score (nSPS) is 12.2. The smallest absolute Gasteiger partial charge is 0.123 e. The summed E-state index contributed by atoms with van der Waals surface area (Å²) >= 11 is 2.32. The quantitative estimate of drug-likeness (QED) is 0.393. The van der Waals surface area contributed by atoms with Crippen molar-refractivity contribution in [1.82, 2.24) is 0 Å². The Kier molecular flexibility index (Phi) is 4.68. The SMILES string of the molecule is Fc1ccc(S(I)(c2ccc(F)cc2)c2ccc(F)cc2)cc1. The van der Waals surface area contributed by atoms with E-state index >= 15 is 0 Å². The molecule has 3 aromatic carbocycles. The molecule has 0 saturated heterocycles. The summed E-state index contributed by atoms with van der Waals surface area (Å²) in [6.07, 6.45) is 0. The molecule has 0 aliphatic carbocycles. The molecule has 0 unspecified atom stereocenters. The lowest BCUT2D eigenvalue weighted by Gasteiger charge is -2.35. The third-order valence-electron chi connectivity index (χ3n) is 3.42. The molecule has 23 heavy (non-hydrogen) atoms. The lowest BCUT2D eigenvalue weighted by atomic mass is 10.3. The molecule has 0 atom stereocenters. The summed E-state index contributed by atoms with van der Waals surface area (Å²) < 4.78 is 39.9. The summed E-state index contributed by atoms with van der Waals surface area (Å²) in [6.45, 7) is 0. The van der Waals surface area contributed by atoms with Crippen molar-refractivity contribution in [1.29, 1.82) is 0 Å². The number of halogens is 4. The number of hydrogen-bond donors (Lipinski definition) is 0. The highest BCUT2D eigenvalue weighted by atomic mass is 127. The Morgan fingerprint density at radius 3 is 0.913 bits per heavy atom. The second kappa shape index (κ2) is 6.57. The van der Waals surface area contributed by atoms with E-state index in [0.717, 1.165) is 14.7 Å². The van der Waals surface area contributed by atoms with Gasteiger partial charge in [0.05, 0.1) is 0 Å². The van der Waals surface area contributed by atoms with Gasteiger partial charge in [0.1, 0.15) is 17.5 Å². The molecule has 0 heterocycles. The predicted octanol–water partition coefficient (Wildman–Crippen LogP) is 6.74. The molecule has 3 aromatic rings. The Morgan fingerprint density at radius 1 is 0.478 bits per heavy atom. The van der Waals surface area contributed by atoms with E-state index in [4.69, 9.17) is 0 Å². The molecule has 118 valence electrons. The van der Waals surface area contributed by atoms with E-state index < -0.39 is 7.20 Å². The average molecular weight is 444 g/mol. The van der Waals surface area contributed by atoms with E-state index in [1.165, 1.54) is 36.4 Å². The third-order valence-corrected chi connectivity index (χ3v) is 10.8. The van der Waals surface area contributed by atoms with Crippen molar-refractivity contribution in [3.8, 4) is 0 Å². The largest absolute Gasteiger partial charge is 0.207 e. The van der Waals surface area contributed by atoms with E-state index in [0.29, 0.717) is 0 Å². The first-order valence-corrected chi connectivity index (χ1v) is 11.0. The third kappa shape index (κ3) is 3.26. The van der Waals surface area contributed by atoms with Crippen LogP contribution >= 0.6 is 28.4 Å². The van der Waals surface area contributed by atoms with Crippen LogP contribution in [0.25, 0.3) is 0 Å². The molecule has 0 bridgehead atoms. The van der Waals surface area contributed by atoms with Crippen molar-refractivity contribution in [2.45, 2.75) is 14.7 Å². The van der Waals surface area contributed by atoms with Crippen molar-refractivity contribution in [3.63, 3.8) is 0 Å². The molecule has 0 aliphatic rings. The Bertz CT molecular complexity index is 688. The van der Waals surface area contributed by atoms with Gasteiger partial charge in [-0.25, -0.2) is 13.2 Å². The Labute approximate surface area is 146 Å². The van der Waals surface area contributed by atoms with Gasteiger partial charge in [-0.15, -0.1) is 7.20 Å². The van der Waals surface area contributed by atoms with Crippen LogP contribution in [0.1, 0.15) is 0 Å². The molecule has 0 fully saturated rings. The maximum absolute atomic E-state index is 13.3. The first kappa shape index (κ1) is 16.4. The molecule has 0 spiro atoms. The lowest BCUT2D eigenvalue weighted by molar-refractivity contribution is 0.626. The summed E-state index contributed by atoms with van der Waals surface area (Å²) in [7, 11) is -1.76. The molecule has 5 heteroatoms. The van der Waals surface area contributed by atoms with Crippen LogP contribution in [-0.2, 0) is 0 Å². The second-order valence-electron chi connectivity index (χ2n) is 4.90. The Morgan fingerprint density at radius 2 is 0.696 bits per heavy atom. The minimum Gasteiger partial charge on any atom is -0.207 e. The van der Waals surface area contributed by atoms with Gasteiger partial charge in [0.25, 0.3) is 0 Å². The summed E-state index contributed by atoms with van der Waals surface area (Å²) in [5.41, 5.74) is 0. The van der Waals surface area contributed by atoms with Crippen LogP contribution in [0.2, 0.25) is 0 Å². The van der Waals surface area contributed by atoms with Crippen molar-refractivity contribution in [2.24, 2.45) is 0 Å². The fourth-order valence-corrected chi connectivity index (χ4v) is 7.27. The average Bonchev–Trinajstić information content (AvgIpc) is 2.56. The van der Waals surface area contributed by atoms with Gasteiger partial charge < -0.3 is 0 Å². The van der Waals surface area contributed by atoms with Gasteiger partial charge in [-0.05, 0) is 94.0 Å². The van der Waals surface area contributed by atoms with Crippen LogP contribution in [0, 0.1) is 17.5 Å². The topological polar surface area (TPSA) is 0 Å². The predicted molar refractivity (Wildman–Crippen MR) is 95.6 cm³/mol. The summed E-state index contributed by atoms with van der Waals surface area (Å²) in [6, 6.07) is 18.8. The highest BCUT2D eigenvalue weighted by Crippen LogP contribution is 2.74. The van der Waals surface area contributed by atoms with Crippen LogP contribution in [0.15, 0.2) is 87.5 Å². The lowest BCUT2D eigenvalue weighted by Crippen LogP contribution is -1.97. The zero-order chi connectivity index (χ0) is 16.4. The highest BCUT2D eigenvalue weighted by molar-refractivity contribution is 14.2. The molecule has 0 nitrogen and oxygen atoms in total. The first-order valence-electron chi connectivity index (χ1n) is 6.80. The fourth-order valence-electron chi connectivity index (χ4n) is 2.27. The fraction of sp³-hybridized carbons (Fsp3) is 0. The van der Waals surface area contributed by atoms with Crippen molar-refractivity contribution in [3.05, 3.63) is 90.2 Å². The van der Waals surface area contributed by atoms with E-state index in [1.54, 1.807) is 36.4 Å². The first-order chi connectivity index (χ1) is 11.0. The molecule has 0 N–H and O–H groups in total. The van der Waals surface area contributed by atoms with Gasteiger partial charge in [0.15, 0.2) is 0 Å². The van der Waals surface area contributed by atoms with Crippen LogP contribution < -0.4 is 0 Å². The van der Waals surface area contributed by atoms with Crippen LogP contribution in [0.3, 0.4) is 0 Å². The van der Waals surface area contributed by atoms with Gasteiger partial charge in [-0.1, -0.05) is 0 Å². The zero-order valence-corrected chi connectivity index (χ0v) is 14.8. The van der Waals surface area contributed by atoms with E-state index in [9.17, 15) is 13.2 Å². The van der Waals surface area contributed by atoms with Gasteiger partial charge >= 0.3 is 0 Å². The number of hydrogen-bond acceptors (Lipinski definition) is 0. The summed E-state index contributed by atoms with van der Waals surface area (Å²) in [4.78, 5) is 2.74. The standard InChI is InChI=1S/C18H12F3IS/c19-13-1-7-16(8-2-13)23(22,17-9-3-14(20)4-10-17)18-11-5-15(21)6-12-18/h1-12H. The second-order valence-corrected chi connectivity index (χ2v) is 11.4. The summed E-state index contributed by atoms with van der Waals surface area (Å²) in [5, 5.41) is 0. The Balaban J connectivity index is 2.21. The Hall–Kier alpha value is -1.47. The van der Waals surface area contributed by atoms with Crippen molar-refractivity contribution < 1.29 is 13.2 Å². The molecule has 3 rings (SSSR count). The minimum atomic E-state index is -1.76. The molecule has 0 aromatic heterocycles. The molecular weight excluding hydrogens is 432 g/mol. The summed E-state index contributed by atoms with van der Waals surface area (Å²) in [5.74, 6) is -0.944.